The monoisotopic (exact) mass is 371 g/mol. The smallest absolute Gasteiger partial charge is 0.164 e. The van der Waals surface area contributed by atoms with Gasteiger partial charge in [0.15, 0.2) is 28.8 Å². The molecule has 0 bridgehead atoms. The Morgan fingerprint density at radius 2 is 1.56 bits per heavy atom. The van der Waals surface area contributed by atoms with Crippen LogP contribution in [0, 0.1) is 0 Å². The largest absolute Gasteiger partial charge is 0.493 e. The maximum Gasteiger partial charge on any atom is 0.164 e. The lowest BCUT2D eigenvalue weighted by atomic mass is 9.89. The first-order valence-electron chi connectivity index (χ1n) is 8.84. The molecule has 0 amide bonds. The van der Waals surface area contributed by atoms with Crippen LogP contribution in [0.2, 0.25) is 0 Å². The van der Waals surface area contributed by atoms with Crippen molar-refractivity contribution < 1.29 is 23.7 Å². The standard InChI is InChI=1S/C21H25NO5/c1-24-18-6-5-14(10-19(18)25-2)17(23)12-16-15-11-21(27-4)20(26-3)9-13(15)7-8-22-16/h5-6,9-11,16,22H,7-8,12H2,1-4H3/t16-/m0/s1. The van der Waals surface area contributed by atoms with Gasteiger partial charge in [-0.05, 0) is 54.4 Å². The fourth-order valence-electron chi connectivity index (χ4n) is 3.46. The molecule has 2 aromatic carbocycles. The highest BCUT2D eigenvalue weighted by molar-refractivity contribution is 5.97. The summed E-state index contributed by atoms with van der Waals surface area (Å²) < 4.78 is 21.4. The van der Waals surface area contributed by atoms with Crippen molar-refractivity contribution in [2.75, 3.05) is 35.0 Å². The molecule has 2 aromatic rings. The highest BCUT2D eigenvalue weighted by Gasteiger charge is 2.25. The number of hydrogen-bond donors (Lipinski definition) is 1. The van der Waals surface area contributed by atoms with Crippen molar-refractivity contribution in [3.8, 4) is 23.0 Å². The van der Waals surface area contributed by atoms with E-state index in [9.17, 15) is 4.79 Å². The van der Waals surface area contributed by atoms with Gasteiger partial charge >= 0.3 is 0 Å². The Morgan fingerprint density at radius 3 is 2.22 bits per heavy atom. The van der Waals surface area contributed by atoms with Gasteiger partial charge in [-0.3, -0.25) is 4.79 Å². The average molecular weight is 371 g/mol. The quantitative estimate of drug-likeness (QED) is 0.754. The van der Waals surface area contributed by atoms with Gasteiger partial charge in [-0.1, -0.05) is 0 Å². The number of ether oxygens (including phenoxy) is 4. The summed E-state index contributed by atoms with van der Waals surface area (Å²) in [6, 6.07) is 9.13. The van der Waals surface area contributed by atoms with Gasteiger partial charge in [-0.15, -0.1) is 0 Å². The van der Waals surface area contributed by atoms with E-state index in [-0.39, 0.29) is 11.8 Å². The minimum Gasteiger partial charge on any atom is -0.493 e. The van der Waals surface area contributed by atoms with Gasteiger partial charge in [0.2, 0.25) is 0 Å². The predicted molar refractivity (Wildman–Crippen MR) is 102 cm³/mol. The zero-order valence-electron chi connectivity index (χ0n) is 16.1. The lowest BCUT2D eigenvalue weighted by Gasteiger charge is -2.28. The molecule has 0 saturated carbocycles. The van der Waals surface area contributed by atoms with E-state index in [2.05, 4.69) is 5.32 Å². The molecule has 1 atom stereocenters. The summed E-state index contributed by atoms with van der Waals surface area (Å²) in [5.74, 6) is 2.57. The first kappa shape index (κ1) is 19.0. The summed E-state index contributed by atoms with van der Waals surface area (Å²) >= 11 is 0. The van der Waals surface area contributed by atoms with Crippen LogP contribution in [0.4, 0.5) is 0 Å². The second kappa shape index (κ2) is 8.31. The highest BCUT2D eigenvalue weighted by Crippen LogP contribution is 2.37. The van der Waals surface area contributed by atoms with E-state index in [1.54, 1.807) is 46.6 Å². The number of methoxy groups -OCH3 is 4. The fourth-order valence-corrected chi connectivity index (χ4v) is 3.46. The molecule has 1 N–H and O–H groups in total. The van der Waals surface area contributed by atoms with Crippen LogP contribution in [-0.2, 0) is 6.42 Å². The van der Waals surface area contributed by atoms with Crippen LogP contribution in [0.3, 0.4) is 0 Å². The van der Waals surface area contributed by atoms with Crippen LogP contribution in [0.5, 0.6) is 23.0 Å². The Bertz CT molecular complexity index is 834. The molecule has 1 aliphatic rings. The Kier molecular flexibility index (Phi) is 5.86. The van der Waals surface area contributed by atoms with Gasteiger partial charge in [0.1, 0.15) is 0 Å². The van der Waals surface area contributed by atoms with E-state index in [0.717, 1.165) is 18.5 Å². The maximum atomic E-state index is 12.9. The van der Waals surface area contributed by atoms with Crippen molar-refractivity contribution in [1.82, 2.24) is 5.32 Å². The van der Waals surface area contributed by atoms with E-state index < -0.39 is 0 Å². The third-order valence-corrected chi connectivity index (χ3v) is 4.90. The fraction of sp³-hybridized carbons (Fsp3) is 0.381. The van der Waals surface area contributed by atoms with E-state index in [1.807, 2.05) is 12.1 Å². The molecule has 0 aliphatic carbocycles. The Hall–Kier alpha value is -2.73. The van der Waals surface area contributed by atoms with Crippen molar-refractivity contribution in [2.24, 2.45) is 0 Å². The molecular weight excluding hydrogens is 346 g/mol. The van der Waals surface area contributed by atoms with Gasteiger partial charge in [0.05, 0.1) is 28.4 Å². The number of ketones is 1. The molecule has 1 aliphatic heterocycles. The second-order valence-electron chi connectivity index (χ2n) is 6.36. The van der Waals surface area contributed by atoms with Crippen LogP contribution in [0.15, 0.2) is 30.3 Å². The van der Waals surface area contributed by atoms with Gasteiger partial charge in [-0.2, -0.15) is 0 Å². The Morgan fingerprint density at radius 1 is 0.926 bits per heavy atom. The van der Waals surface area contributed by atoms with Crippen molar-refractivity contribution in [1.29, 1.82) is 0 Å². The molecule has 27 heavy (non-hydrogen) atoms. The maximum absolute atomic E-state index is 12.9. The van der Waals surface area contributed by atoms with Gasteiger partial charge in [0, 0.05) is 18.0 Å². The zero-order chi connectivity index (χ0) is 19.4. The second-order valence-corrected chi connectivity index (χ2v) is 6.36. The first-order chi connectivity index (χ1) is 13.1. The van der Waals surface area contributed by atoms with E-state index in [4.69, 9.17) is 18.9 Å². The van der Waals surface area contributed by atoms with Crippen LogP contribution >= 0.6 is 0 Å². The van der Waals surface area contributed by atoms with Crippen LogP contribution in [0.1, 0.15) is 33.9 Å². The third kappa shape index (κ3) is 3.85. The van der Waals surface area contributed by atoms with Crippen molar-refractivity contribution in [3.05, 3.63) is 47.0 Å². The number of rotatable bonds is 7. The summed E-state index contributed by atoms with van der Waals surface area (Å²) in [6.07, 6.45) is 1.23. The van der Waals surface area contributed by atoms with Gasteiger partial charge in [-0.25, -0.2) is 0 Å². The molecule has 0 fully saturated rings. The molecule has 144 valence electrons. The Balaban J connectivity index is 1.86. The number of Topliss-reactive ketones (excluding diaryl/α,β-unsaturated/α-hetero) is 1. The van der Waals surface area contributed by atoms with Crippen LogP contribution in [0.25, 0.3) is 0 Å². The number of carbonyl (C=O) groups is 1. The summed E-state index contributed by atoms with van der Waals surface area (Å²) in [5, 5.41) is 3.44. The molecule has 0 radical (unpaired) electrons. The molecule has 0 spiro atoms. The van der Waals surface area contributed by atoms with Gasteiger partial charge in [0.25, 0.3) is 0 Å². The minimum atomic E-state index is -0.0749. The van der Waals surface area contributed by atoms with Crippen LogP contribution < -0.4 is 24.3 Å². The van der Waals surface area contributed by atoms with Crippen molar-refractivity contribution >= 4 is 5.78 Å². The molecule has 0 aromatic heterocycles. The number of fused-ring (bicyclic) bond motifs is 1. The molecular formula is C21H25NO5. The minimum absolute atomic E-state index is 0.0380. The third-order valence-electron chi connectivity index (χ3n) is 4.90. The van der Waals surface area contributed by atoms with Crippen molar-refractivity contribution in [2.45, 2.75) is 18.9 Å². The molecule has 1 heterocycles. The lowest BCUT2D eigenvalue weighted by molar-refractivity contribution is 0.0967. The highest BCUT2D eigenvalue weighted by atomic mass is 16.5. The number of hydrogen-bond acceptors (Lipinski definition) is 6. The molecule has 0 saturated heterocycles. The van der Waals surface area contributed by atoms with E-state index in [0.29, 0.717) is 35.0 Å². The summed E-state index contributed by atoms with van der Waals surface area (Å²) in [5.41, 5.74) is 2.85. The van der Waals surface area contributed by atoms with E-state index >= 15 is 0 Å². The van der Waals surface area contributed by atoms with E-state index in [1.165, 1.54) is 5.56 Å². The molecule has 6 heteroatoms. The summed E-state index contributed by atoms with van der Waals surface area (Å²) in [6.45, 7) is 0.812. The molecule has 3 rings (SSSR count). The molecule has 6 nitrogen and oxygen atoms in total. The normalized spacial score (nSPS) is 15.6. The summed E-state index contributed by atoms with van der Waals surface area (Å²) in [4.78, 5) is 12.9. The SMILES string of the molecule is COc1ccc(C(=O)C[C@@H]2NCCc3cc(OC)c(OC)cc32)cc1OC. The van der Waals surface area contributed by atoms with Gasteiger partial charge < -0.3 is 24.3 Å². The van der Waals surface area contributed by atoms with Crippen LogP contribution in [-0.4, -0.2) is 40.8 Å². The lowest BCUT2D eigenvalue weighted by Crippen LogP contribution is -2.31. The number of nitrogens with one attached hydrogen (secondary N) is 1. The topological polar surface area (TPSA) is 66.0 Å². The predicted octanol–water partition coefficient (Wildman–Crippen LogP) is 3.18. The summed E-state index contributed by atoms with van der Waals surface area (Å²) in [7, 11) is 6.38. The number of benzene rings is 2. The average Bonchev–Trinajstić information content (AvgIpc) is 2.72. The van der Waals surface area contributed by atoms with Crippen molar-refractivity contribution in [3.63, 3.8) is 0 Å². The molecule has 0 unspecified atom stereocenters. The number of carbonyl (C=O) groups excluding carboxylic acids is 1. The first-order valence-corrected chi connectivity index (χ1v) is 8.84. The zero-order valence-corrected chi connectivity index (χ0v) is 16.1. The Labute approximate surface area is 159 Å².